The smallest absolute Gasteiger partial charge is 0.243 e. The molecule has 28 heavy (non-hydrogen) atoms. The molecule has 3 aromatic carbocycles. The van der Waals surface area contributed by atoms with Crippen LogP contribution < -0.4 is 9.62 Å². The van der Waals surface area contributed by atoms with Gasteiger partial charge in [-0.3, -0.25) is 9.10 Å². The predicted octanol–water partition coefficient (Wildman–Crippen LogP) is 3.96. The van der Waals surface area contributed by atoms with E-state index in [0.717, 1.165) is 26.9 Å². The number of carbonyl (C=O) groups excluding carboxylic acids is 1. The van der Waals surface area contributed by atoms with Gasteiger partial charge in [-0.2, -0.15) is 0 Å². The Kier molecular flexibility index (Phi) is 5.91. The Labute approximate surface area is 170 Å². The zero-order valence-electron chi connectivity index (χ0n) is 15.6. The van der Waals surface area contributed by atoms with Gasteiger partial charge in [-0.05, 0) is 41.5 Å². The summed E-state index contributed by atoms with van der Waals surface area (Å²) in [5.41, 5.74) is 1.31. The fourth-order valence-corrected chi connectivity index (χ4v) is 4.55. The molecule has 0 saturated carbocycles. The highest BCUT2D eigenvalue weighted by molar-refractivity contribution is 7.92. The molecule has 1 atom stereocenters. The van der Waals surface area contributed by atoms with E-state index < -0.39 is 22.0 Å². The van der Waals surface area contributed by atoms with Crippen molar-refractivity contribution < 1.29 is 13.2 Å². The van der Waals surface area contributed by atoms with Crippen LogP contribution >= 0.6 is 11.6 Å². The first-order valence-corrected chi connectivity index (χ1v) is 11.0. The number of hydrogen-bond donors (Lipinski definition) is 1. The Morgan fingerprint density at radius 3 is 2.46 bits per heavy atom. The maximum absolute atomic E-state index is 12.7. The molecule has 0 aliphatic rings. The summed E-state index contributed by atoms with van der Waals surface area (Å²) in [5, 5.41) is 5.38. The molecule has 1 amide bonds. The molecule has 0 unspecified atom stereocenters. The van der Waals surface area contributed by atoms with E-state index in [1.807, 2.05) is 42.5 Å². The number of halogens is 1. The summed E-state index contributed by atoms with van der Waals surface area (Å²) in [7, 11) is -3.68. The lowest BCUT2D eigenvalue weighted by molar-refractivity contribution is -0.122. The van der Waals surface area contributed by atoms with Crippen molar-refractivity contribution in [1.29, 1.82) is 0 Å². The van der Waals surface area contributed by atoms with Crippen molar-refractivity contribution in [3.05, 3.63) is 77.3 Å². The second-order valence-corrected chi connectivity index (χ2v) is 8.87. The average molecular weight is 417 g/mol. The Morgan fingerprint density at radius 1 is 1.07 bits per heavy atom. The highest BCUT2D eigenvalue weighted by Gasteiger charge is 2.29. The summed E-state index contributed by atoms with van der Waals surface area (Å²) in [6.07, 6.45) is 1.07. The molecule has 0 spiro atoms. The number of sulfonamides is 1. The standard InChI is InChI=1S/C21H21ClN2O3S/c1-15(24(28(2,26)27)19-11-6-10-18(22)13-19)21(25)23-14-17-9-5-8-16-7-3-4-12-20(16)17/h3-13,15H,14H2,1-2H3,(H,23,25)/t15-/m1/s1. The van der Waals surface area contributed by atoms with Crippen LogP contribution in [-0.4, -0.2) is 26.6 Å². The van der Waals surface area contributed by atoms with Gasteiger partial charge >= 0.3 is 0 Å². The van der Waals surface area contributed by atoms with E-state index in [2.05, 4.69) is 5.32 Å². The summed E-state index contributed by atoms with van der Waals surface area (Å²) in [5.74, 6) is -0.390. The average Bonchev–Trinajstić information content (AvgIpc) is 2.65. The summed E-state index contributed by atoms with van der Waals surface area (Å²) in [6, 6.07) is 19.3. The van der Waals surface area contributed by atoms with Gasteiger partial charge in [-0.1, -0.05) is 60.1 Å². The fraction of sp³-hybridized carbons (Fsp3) is 0.190. The van der Waals surface area contributed by atoms with Crippen LogP contribution in [0.15, 0.2) is 66.7 Å². The van der Waals surface area contributed by atoms with Crippen LogP contribution in [0.2, 0.25) is 5.02 Å². The summed E-state index contributed by atoms with van der Waals surface area (Å²) in [4.78, 5) is 12.7. The summed E-state index contributed by atoms with van der Waals surface area (Å²) in [6.45, 7) is 1.86. The molecule has 0 saturated heterocycles. The van der Waals surface area contributed by atoms with E-state index >= 15 is 0 Å². The monoisotopic (exact) mass is 416 g/mol. The lowest BCUT2D eigenvalue weighted by Crippen LogP contribution is -2.47. The largest absolute Gasteiger partial charge is 0.350 e. The molecule has 0 aliphatic carbocycles. The van der Waals surface area contributed by atoms with Crippen LogP contribution in [0.4, 0.5) is 5.69 Å². The van der Waals surface area contributed by atoms with Crippen LogP contribution in [0.3, 0.4) is 0 Å². The molecular weight excluding hydrogens is 396 g/mol. The summed E-state index contributed by atoms with van der Waals surface area (Å²) >= 11 is 6.00. The van der Waals surface area contributed by atoms with Crippen LogP contribution in [0, 0.1) is 0 Å². The minimum absolute atomic E-state index is 0.303. The molecule has 0 bridgehead atoms. The van der Waals surface area contributed by atoms with Gasteiger partial charge in [-0.15, -0.1) is 0 Å². The minimum Gasteiger partial charge on any atom is -0.350 e. The fourth-order valence-electron chi connectivity index (χ4n) is 3.20. The normalized spacial score (nSPS) is 12.5. The predicted molar refractivity (Wildman–Crippen MR) is 114 cm³/mol. The maximum Gasteiger partial charge on any atom is 0.243 e. The number of carbonyl (C=O) groups is 1. The lowest BCUT2D eigenvalue weighted by Gasteiger charge is -2.28. The lowest BCUT2D eigenvalue weighted by atomic mass is 10.0. The first-order chi connectivity index (χ1) is 13.3. The number of hydrogen-bond acceptors (Lipinski definition) is 3. The molecule has 0 fully saturated rings. The number of fused-ring (bicyclic) bond motifs is 1. The van der Waals surface area contributed by atoms with Crippen LogP contribution in [-0.2, 0) is 21.4 Å². The SMILES string of the molecule is C[C@H](C(=O)NCc1cccc2ccccc12)N(c1cccc(Cl)c1)S(C)(=O)=O. The number of benzene rings is 3. The van der Waals surface area contributed by atoms with Gasteiger partial charge in [0, 0.05) is 11.6 Å². The van der Waals surface area contributed by atoms with Crippen LogP contribution in [0.1, 0.15) is 12.5 Å². The second kappa shape index (κ2) is 8.20. The molecule has 0 radical (unpaired) electrons. The van der Waals surface area contributed by atoms with Gasteiger partial charge in [0.25, 0.3) is 0 Å². The second-order valence-electron chi connectivity index (χ2n) is 6.57. The van der Waals surface area contributed by atoms with Crippen molar-refractivity contribution in [3.63, 3.8) is 0 Å². The van der Waals surface area contributed by atoms with Crippen molar-refractivity contribution in [2.75, 3.05) is 10.6 Å². The van der Waals surface area contributed by atoms with Crippen LogP contribution in [0.25, 0.3) is 10.8 Å². The van der Waals surface area contributed by atoms with E-state index in [1.54, 1.807) is 25.1 Å². The number of rotatable bonds is 6. The van der Waals surface area contributed by atoms with E-state index in [-0.39, 0.29) is 0 Å². The third-order valence-electron chi connectivity index (χ3n) is 4.48. The topological polar surface area (TPSA) is 66.5 Å². The molecule has 146 valence electrons. The molecule has 7 heteroatoms. The van der Waals surface area contributed by atoms with Gasteiger partial charge < -0.3 is 5.32 Å². The molecule has 1 N–H and O–H groups in total. The number of amides is 1. The molecule has 3 rings (SSSR count). The van der Waals surface area contributed by atoms with Crippen molar-refractivity contribution in [2.24, 2.45) is 0 Å². The first-order valence-electron chi connectivity index (χ1n) is 8.76. The van der Waals surface area contributed by atoms with E-state index in [9.17, 15) is 13.2 Å². The molecule has 0 heterocycles. The van der Waals surface area contributed by atoms with Gasteiger partial charge in [0.2, 0.25) is 15.9 Å². The van der Waals surface area contributed by atoms with Gasteiger partial charge in [0.1, 0.15) is 6.04 Å². The number of nitrogens with zero attached hydrogens (tertiary/aromatic N) is 1. The van der Waals surface area contributed by atoms with E-state index in [4.69, 9.17) is 11.6 Å². The Hall–Kier alpha value is -2.57. The van der Waals surface area contributed by atoms with Crippen molar-refractivity contribution in [3.8, 4) is 0 Å². The number of anilines is 1. The third kappa shape index (κ3) is 4.46. The van der Waals surface area contributed by atoms with E-state index in [0.29, 0.717) is 17.3 Å². The first kappa shape index (κ1) is 20.2. The molecule has 0 aromatic heterocycles. The Bertz CT molecular complexity index is 1110. The highest BCUT2D eigenvalue weighted by atomic mass is 35.5. The Morgan fingerprint density at radius 2 is 1.75 bits per heavy atom. The van der Waals surface area contributed by atoms with Gasteiger partial charge in [-0.25, -0.2) is 8.42 Å². The zero-order chi connectivity index (χ0) is 20.3. The third-order valence-corrected chi connectivity index (χ3v) is 5.96. The van der Waals surface area contributed by atoms with Gasteiger partial charge in [0.05, 0.1) is 11.9 Å². The number of nitrogens with one attached hydrogen (secondary N) is 1. The molecule has 0 aliphatic heterocycles. The maximum atomic E-state index is 12.7. The van der Waals surface area contributed by atoms with E-state index in [1.165, 1.54) is 6.07 Å². The highest BCUT2D eigenvalue weighted by Crippen LogP contribution is 2.24. The Balaban J connectivity index is 1.82. The van der Waals surface area contributed by atoms with Crippen LogP contribution in [0.5, 0.6) is 0 Å². The molecule has 3 aromatic rings. The zero-order valence-corrected chi connectivity index (χ0v) is 17.2. The van der Waals surface area contributed by atoms with Gasteiger partial charge in [0.15, 0.2) is 0 Å². The minimum atomic E-state index is -3.68. The quantitative estimate of drug-likeness (QED) is 0.661. The van der Waals surface area contributed by atoms with Crippen molar-refractivity contribution in [1.82, 2.24) is 5.32 Å². The van der Waals surface area contributed by atoms with Crippen molar-refractivity contribution >= 4 is 44.0 Å². The summed E-state index contributed by atoms with van der Waals surface area (Å²) < 4.78 is 25.8. The molecular formula is C21H21ClN2O3S. The van der Waals surface area contributed by atoms with Crippen molar-refractivity contribution in [2.45, 2.75) is 19.5 Å². The molecule has 5 nitrogen and oxygen atoms in total.